The van der Waals surface area contributed by atoms with Crippen molar-refractivity contribution in [3.05, 3.63) is 101 Å². The van der Waals surface area contributed by atoms with E-state index in [1.165, 1.54) is 41.3 Å². The summed E-state index contributed by atoms with van der Waals surface area (Å²) in [6, 6.07) is 20.0. The molecule has 0 aromatic heterocycles. The molecule has 210 valence electrons. The summed E-state index contributed by atoms with van der Waals surface area (Å²) in [4.78, 5) is 41.3. The Morgan fingerprint density at radius 2 is 1.60 bits per heavy atom. The van der Waals surface area contributed by atoms with Gasteiger partial charge in [0.1, 0.15) is 16.8 Å². The van der Waals surface area contributed by atoms with E-state index in [4.69, 9.17) is 0 Å². The minimum atomic E-state index is -4.11. The number of rotatable bonds is 11. The highest BCUT2D eigenvalue weighted by atomic mass is 32.2. The number of hydrogen-bond donors (Lipinski definition) is 1. The lowest BCUT2D eigenvalue weighted by Gasteiger charge is -2.32. The third kappa shape index (κ3) is 6.39. The van der Waals surface area contributed by atoms with Gasteiger partial charge in [-0.2, -0.15) is 0 Å². The van der Waals surface area contributed by atoms with Crippen molar-refractivity contribution < 1.29 is 27.2 Å². The molecule has 10 heteroatoms. The van der Waals surface area contributed by atoms with Crippen molar-refractivity contribution in [1.82, 2.24) is 14.5 Å². The van der Waals surface area contributed by atoms with Crippen LogP contribution in [0, 0.1) is 11.7 Å². The van der Waals surface area contributed by atoms with Crippen LogP contribution in [-0.2, 0) is 32.6 Å². The van der Waals surface area contributed by atoms with Crippen LogP contribution in [0.5, 0.6) is 0 Å². The number of carbonyl (C=O) groups excluding carboxylic acids is 3. The van der Waals surface area contributed by atoms with E-state index in [-0.39, 0.29) is 41.3 Å². The molecule has 0 aliphatic carbocycles. The molecule has 1 N–H and O–H groups in total. The molecule has 4 rings (SSSR count). The zero-order valence-electron chi connectivity index (χ0n) is 22.4. The summed E-state index contributed by atoms with van der Waals surface area (Å²) >= 11 is 0. The Kier molecular flexibility index (Phi) is 8.99. The van der Waals surface area contributed by atoms with Gasteiger partial charge in [-0.1, -0.05) is 74.5 Å². The Hall–Kier alpha value is -4.05. The van der Waals surface area contributed by atoms with Crippen LogP contribution >= 0.6 is 0 Å². The largest absolute Gasteiger partial charge is 0.354 e. The highest BCUT2D eigenvalue weighted by Crippen LogP contribution is 2.30. The van der Waals surface area contributed by atoms with Crippen molar-refractivity contribution in [2.24, 2.45) is 5.92 Å². The third-order valence-electron chi connectivity index (χ3n) is 6.69. The summed E-state index contributed by atoms with van der Waals surface area (Å²) in [6.45, 7) is 3.65. The fraction of sp³-hybridized carbons (Fsp3) is 0.300. The number of nitrogens with one attached hydrogen (secondary N) is 1. The second-order valence-corrected chi connectivity index (χ2v) is 11.9. The minimum Gasteiger partial charge on any atom is -0.354 e. The molecule has 0 spiro atoms. The van der Waals surface area contributed by atoms with E-state index < -0.39 is 46.1 Å². The SMILES string of the molecule is CC(C)CNC(=O)C(Cc1ccccc1)N(Cc1ccccc1F)C(=O)CCN1C(=O)c2ccccc2S1(=O)=O. The van der Waals surface area contributed by atoms with E-state index in [2.05, 4.69) is 5.32 Å². The van der Waals surface area contributed by atoms with Crippen LogP contribution in [0.15, 0.2) is 83.8 Å². The first kappa shape index (κ1) is 28.9. The first-order chi connectivity index (χ1) is 19.1. The smallest absolute Gasteiger partial charge is 0.269 e. The van der Waals surface area contributed by atoms with Crippen molar-refractivity contribution in [1.29, 1.82) is 0 Å². The van der Waals surface area contributed by atoms with Gasteiger partial charge in [0.15, 0.2) is 0 Å². The molecule has 0 radical (unpaired) electrons. The lowest BCUT2D eigenvalue weighted by Crippen LogP contribution is -2.51. The maximum Gasteiger partial charge on any atom is 0.269 e. The molecule has 0 saturated heterocycles. The second-order valence-electron chi connectivity index (χ2n) is 10.1. The quantitative estimate of drug-likeness (QED) is 0.381. The van der Waals surface area contributed by atoms with E-state index in [9.17, 15) is 27.2 Å². The van der Waals surface area contributed by atoms with Gasteiger partial charge >= 0.3 is 0 Å². The second kappa shape index (κ2) is 12.4. The van der Waals surface area contributed by atoms with Gasteiger partial charge in [-0.05, 0) is 29.7 Å². The van der Waals surface area contributed by atoms with Crippen molar-refractivity contribution in [3.63, 3.8) is 0 Å². The maximum absolute atomic E-state index is 14.7. The molecule has 1 heterocycles. The minimum absolute atomic E-state index is 0.0492. The van der Waals surface area contributed by atoms with Gasteiger partial charge in [-0.3, -0.25) is 14.4 Å². The molecule has 8 nitrogen and oxygen atoms in total. The zero-order chi connectivity index (χ0) is 28.9. The van der Waals surface area contributed by atoms with E-state index >= 15 is 0 Å². The molecule has 0 saturated carbocycles. The monoisotopic (exact) mass is 565 g/mol. The van der Waals surface area contributed by atoms with Crippen LogP contribution in [0.2, 0.25) is 0 Å². The number of amides is 3. The van der Waals surface area contributed by atoms with Gasteiger partial charge < -0.3 is 10.2 Å². The average Bonchev–Trinajstić information content (AvgIpc) is 3.13. The molecule has 40 heavy (non-hydrogen) atoms. The predicted molar refractivity (Wildman–Crippen MR) is 148 cm³/mol. The topological polar surface area (TPSA) is 104 Å². The first-order valence-corrected chi connectivity index (χ1v) is 14.5. The third-order valence-corrected chi connectivity index (χ3v) is 8.54. The van der Waals surface area contributed by atoms with Gasteiger partial charge in [0.25, 0.3) is 15.9 Å². The summed E-state index contributed by atoms with van der Waals surface area (Å²) in [7, 11) is -4.11. The Balaban J connectivity index is 1.64. The van der Waals surface area contributed by atoms with Gasteiger partial charge in [0.05, 0.1) is 5.56 Å². The van der Waals surface area contributed by atoms with Crippen LogP contribution in [0.25, 0.3) is 0 Å². The Labute approximate surface area is 233 Å². The Morgan fingerprint density at radius 3 is 2.27 bits per heavy atom. The van der Waals surface area contributed by atoms with Gasteiger partial charge in [0, 0.05) is 38.0 Å². The zero-order valence-corrected chi connectivity index (χ0v) is 23.2. The standard InChI is InChI=1S/C30H32FN3O5S/c1-21(2)19-32-29(36)26(18-22-10-4-3-5-11-22)33(20-23-12-6-8-14-25(23)31)28(35)16-17-34-30(37)24-13-7-9-15-27(24)40(34,38)39/h3-15,21,26H,16-20H2,1-2H3,(H,32,36). The molecular weight excluding hydrogens is 533 g/mol. The molecule has 1 atom stereocenters. The lowest BCUT2D eigenvalue weighted by atomic mass is 10.0. The van der Waals surface area contributed by atoms with Crippen molar-refractivity contribution in [2.45, 2.75) is 44.2 Å². The van der Waals surface area contributed by atoms with Crippen molar-refractivity contribution in [3.8, 4) is 0 Å². The summed E-state index contributed by atoms with van der Waals surface area (Å²) in [5.74, 6) is -2.07. The number of hydrogen-bond acceptors (Lipinski definition) is 5. The van der Waals surface area contributed by atoms with E-state index in [0.717, 1.165) is 5.56 Å². The summed E-state index contributed by atoms with van der Waals surface area (Å²) < 4.78 is 41.4. The Bertz CT molecular complexity index is 1490. The van der Waals surface area contributed by atoms with E-state index in [0.29, 0.717) is 10.8 Å². The van der Waals surface area contributed by atoms with E-state index in [1.54, 1.807) is 12.1 Å². The number of nitrogens with zero attached hydrogens (tertiary/aromatic N) is 2. The highest BCUT2D eigenvalue weighted by molar-refractivity contribution is 7.90. The number of halogens is 1. The highest BCUT2D eigenvalue weighted by Gasteiger charge is 2.41. The summed E-state index contributed by atoms with van der Waals surface area (Å²) in [5, 5.41) is 2.88. The van der Waals surface area contributed by atoms with Gasteiger partial charge in [0.2, 0.25) is 11.8 Å². The van der Waals surface area contributed by atoms with Crippen LogP contribution in [0.1, 0.15) is 41.8 Å². The molecule has 0 fully saturated rings. The summed E-state index contributed by atoms with van der Waals surface area (Å²) in [5.41, 5.74) is 1.06. The number of fused-ring (bicyclic) bond motifs is 1. The Morgan fingerprint density at radius 1 is 0.950 bits per heavy atom. The first-order valence-electron chi connectivity index (χ1n) is 13.1. The van der Waals surface area contributed by atoms with Crippen molar-refractivity contribution >= 4 is 27.7 Å². The molecule has 3 aromatic rings. The van der Waals surface area contributed by atoms with Crippen LogP contribution in [0.3, 0.4) is 0 Å². The fourth-order valence-electron chi connectivity index (χ4n) is 4.58. The average molecular weight is 566 g/mol. The molecule has 0 bridgehead atoms. The molecule has 3 amide bonds. The lowest BCUT2D eigenvalue weighted by molar-refractivity contribution is -0.141. The fourth-order valence-corrected chi connectivity index (χ4v) is 6.15. The molecule has 1 aliphatic rings. The van der Waals surface area contributed by atoms with E-state index in [1.807, 2.05) is 44.2 Å². The van der Waals surface area contributed by atoms with Crippen LogP contribution in [0.4, 0.5) is 4.39 Å². The maximum atomic E-state index is 14.7. The van der Waals surface area contributed by atoms with Gasteiger partial charge in [-0.15, -0.1) is 0 Å². The van der Waals surface area contributed by atoms with Crippen LogP contribution in [-0.4, -0.2) is 54.5 Å². The molecular formula is C30H32FN3O5S. The number of sulfonamides is 1. The molecule has 1 unspecified atom stereocenters. The number of benzene rings is 3. The number of carbonyl (C=O) groups is 3. The normalized spacial score (nSPS) is 14.6. The van der Waals surface area contributed by atoms with Gasteiger partial charge in [-0.25, -0.2) is 17.1 Å². The molecule has 3 aromatic carbocycles. The molecule has 1 aliphatic heterocycles. The summed E-state index contributed by atoms with van der Waals surface area (Å²) in [6.07, 6.45) is -0.215. The predicted octanol–water partition coefficient (Wildman–Crippen LogP) is 3.77. The van der Waals surface area contributed by atoms with Crippen LogP contribution < -0.4 is 5.32 Å². The van der Waals surface area contributed by atoms with Crippen molar-refractivity contribution in [2.75, 3.05) is 13.1 Å².